The van der Waals surface area contributed by atoms with E-state index in [1.165, 1.54) is 17.4 Å². The molecular weight excluding hydrogens is 337 g/mol. The van der Waals surface area contributed by atoms with Crippen LogP contribution in [-0.4, -0.2) is 26.6 Å². The van der Waals surface area contributed by atoms with Crippen molar-refractivity contribution in [1.82, 2.24) is 14.7 Å². The van der Waals surface area contributed by atoms with Crippen LogP contribution in [0.3, 0.4) is 0 Å². The first-order valence-electron chi connectivity index (χ1n) is 8.09. The lowest BCUT2D eigenvalue weighted by Gasteiger charge is -2.25. The van der Waals surface area contributed by atoms with Crippen molar-refractivity contribution in [3.63, 3.8) is 0 Å². The molecule has 0 spiro atoms. The third-order valence-electron chi connectivity index (χ3n) is 3.95. The lowest BCUT2D eigenvalue weighted by Crippen LogP contribution is -2.35. The second kappa shape index (κ2) is 7.19. The van der Waals surface area contributed by atoms with Crippen molar-refractivity contribution in [2.75, 3.05) is 0 Å². The topological polar surface area (TPSA) is 38.1 Å². The summed E-state index contributed by atoms with van der Waals surface area (Å²) in [6.07, 6.45) is 3.67. The average molecular weight is 357 g/mol. The van der Waals surface area contributed by atoms with Crippen LogP contribution in [0.5, 0.6) is 0 Å². The number of aromatic nitrogens is 2. The number of aryl methyl sites for hydroxylation is 1. The second-order valence-corrected chi connectivity index (χ2v) is 7.28. The molecular formula is C19H20FN3OS. The number of carbonyl (C=O) groups is 1. The van der Waals surface area contributed by atoms with E-state index >= 15 is 0 Å². The highest BCUT2D eigenvalue weighted by Crippen LogP contribution is 2.31. The van der Waals surface area contributed by atoms with Gasteiger partial charge in [0.1, 0.15) is 5.82 Å². The van der Waals surface area contributed by atoms with Gasteiger partial charge in [0, 0.05) is 41.8 Å². The molecule has 3 aromatic rings. The van der Waals surface area contributed by atoms with Crippen LogP contribution < -0.4 is 0 Å². The quantitative estimate of drug-likeness (QED) is 0.681. The van der Waals surface area contributed by atoms with E-state index in [9.17, 15) is 9.18 Å². The third kappa shape index (κ3) is 3.79. The molecule has 1 aromatic carbocycles. The van der Waals surface area contributed by atoms with E-state index in [0.717, 1.165) is 10.4 Å². The van der Waals surface area contributed by atoms with Crippen molar-refractivity contribution < 1.29 is 9.18 Å². The zero-order chi connectivity index (χ0) is 18.0. The Balaban J connectivity index is 1.84. The summed E-state index contributed by atoms with van der Waals surface area (Å²) in [6.45, 7) is 4.47. The first-order chi connectivity index (χ1) is 12.0. The summed E-state index contributed by atoms with van der Waals surface area (Å²) < 4.78 is 15.7. The maximum absolute atomic E-state index is 14.0. The number of nitrogens with zero attached hydrogens (tertiary/aromatic N) is 3. The molecule has 0 atom stereocenters. The van der Waals surface area contributed by atoms with E-state index in [2.05, 4.69) is 5.10 Å². The van der Waals surface area contributed by atoms with Gasteiger partial charge in [-0.25, -0.2) is 4.39 Å². The fourth-order valence-electron chi connectivity index (χ4n) is 2.64. The zero-order valence-electron chi connectivity index (χ0n) is 14.4. The maximum Gasteiger partial charge on any atom is 0.264 e. The number of benzene rings is 1. The van der Waals surface area contributed by atoms with Crippen LogP contribution in [0.4, 0.5) is 4.39 Å². The van der Waals surface area contributed by atoms with Crippen molar-refractivity contribution in [2.45, 2.75) is 26.4 Å². The van der Waals surface area contributed by atoms with Gasteiger partial charge < -0.3 is 4.90 Å². The highest BCUT2D eigenvalue weighted by molar-refractivity contribution is 7.17. The molecule has 0 aliphatic heterocycles. The van der Waals surface area contributed by atoms with Gasteiger partial charge in [-0.1, -0.05) is 18.2 Å². The Bertz CT molecular complexity index is 884. The molecule has 3 rings (SSSR count). The van der Waals surface area contributed by atoms with E-state index < -0.39 is 0 Å². The van der Waals surface area contributed by atoms with Gasteiger partial charge in [0.25, 0.3) is 5.91 Å². The smallest absolute Gasteiger partial charge is 0.264 e. The van der Waals surface area contributed by atoms with Gasteiger partial charge >= 0.3 is 0 Å². The number of amides is 1. The predicted molar refractivity (Wildman–Crippen MR) is 97.9 cm³/mol. The normalized spacial score (nSPS) is 11.1. The fourth-order valence-corrected chi connectivity index (χ4v) is 3.63. The fraction of sp³-hybridized carbons (Fsp3) is 0.263. The van der Waals surface area contributed by atoms with Gasteiger partial charge in [0.15, 0.2) is 0 Å². The summed E-state index contributed by atoms with van der Waals surface area (Å²) in [5.41, 5.74) is 1.50. The predicted octanol–water partition coefficient (Wildman–Crippen LogP) is 4.34. The van der Waals surface area contributed by atoms with Crippen LogP contribution in [0, 0.1) is 5.82 Å². The molecule has 0 unspecified atom stereocenters. The van der Waals surface area contributed by atoms with Crippen molar-refractivity contribution in [3.05, 3.63) is 65.0 Å². The molecule has 6 heteroatoms. The molecule has 25 heavy (non-hydrogen) atoms. The summed E-state index contributed by atoms with van der Waals surface area (Å²) in [5.74, 6) is -0.328. The number of hydrogen-bond donors (Lipinski definition) is 0. The summed E-state index contributed by atoms with van der Waals surface area (Å²) in [6, 6.07) is 10.2. The molecule has 2 heterocycles. The van der Waals surface area contributed by atoms with Crippen LogP contribution in [0.15, 0.2) is 48.8 Å². The average Bonchev–Trinajstić information content (AvgIpc) is 3.21. The van der Waals surface area contributed by atoms with E-state index in [1.807, 2.05) is 27.1 Å². The Hall–Kier alpha value is -2.47. The molecule has 0 saturated heterocycles. The van der Waals surface area contributed by atoms with Crippen LogP contribution in [0.25, 0.3) is 10.4 Å². The van der Waals surface area contributed by atoms with Crippen LogP contribution in [0.2, 0.25) is 0 Å². The highest BCUT2D eigenvalue weighted by Gasteiger charge is 2.22. The Kier molecular flexibility index (Phi) is 4.99. The number of rotatable bonds is 5. The van der Waals surface area contributed by atoms with Crippen molar-refractivity contribution in [2.24, 2.45) is 7.05 Å². The highest BCUT2D eigenvalue weighted by atomic mass is 32.1. The number of halogens is 1. The van der Waals surface area contributed by atoms with Crippen LogP contribution >= 0.6 is 11.3 Å². The zero-order valence-corrected chi connectivity index (χ0v) is 15.3. The molecule has 1 amide bonds. The van der Waals surface area contributed by atoms with E-state index in [0.29, 0.717) is 17.0 Å². The molecule has 0 N–H and O–H groups in total. The van der Waals surface area contributed by atoms with Gasteiger partial charge in [-0.2, -0.15) is 5.10 Å². The van der Waals surface area contributed by atoms with Gasteiger partial charge in [-0.15, -0.1) is 11.3 Å². The van der Waals surface area contributed by atoms with E-state index in [4.69, 9.17) is 0 Å². The first kappa shape index (κ1) is 17.4. The summed E-state index contributed by atoms with van der Waals surface area (Å²) in [4.78, 5) is 16.1. The first-order valence-corrected chi connectivity index (χ1v) is 8.90. The largest absolute Gasteiger partial charge is 0.331 e. The van der Waals surface area contributed by atoms with Gasteiger partial charge in [0.05, 0.1) is 11.1 Å². The Labute approximate surface area is 150 Å². The molecule has 0 aliphatic carbocycles. The number of hydrogen-bond acceptors (Lipinski definition) is 3. The van der Waals surface area contributed by atoms with Crippen molar-refractivity contribution >= 4 is 17.2 Å². The standard InChI is InChI=1S/C19H20FN3OS/c1-13(2)23(12-14-10-21-22(3)11-14)19(24)18-9-8-17(25-18)15-6-4-5-7-16(15)20/h4-11,13H,12H2,1-3H3. The Morgan fingerprint density at radius 3 is 2.68 bits per heavy atom. The molecule has 0 bridgehead atoms. The number of carbonyl (C=O) groups excluding carboxylic acids is 1. The minimum Gasteiger partial charge on any atom is -0.331 e. The monoisotopic (exact) mass is 357 g/mol. The summed E-state index contributed by atoms with van der Waals surface area (Å²) in [7, 11) is 1.85. The maximum atomic E-state index is 14.0. The van der Waals surface area contributed by atoms with Gasteiger partial charge in [0.2, 0.25) is 0 Å². The SMILES string of the molecule is CC(C)N(Cc1cnn(C)c1)C(=O)c1ccc(-c2ccccc2F)s1. The summed E-state index contributed by atoms with van der Waals surface area (Å²) in [5, 5.41) is 4.15. The van der Waals surface area contributed by atoms with Crippen molar-refractivity contribution in [3.8, 4) is 10.4 Å². The second-order valence-electron chi connectivity index (χ2n) is 6.19. The van der Waals surface area contributed by atoms with Crippen LogP contribution in [-0.2, 0) is 13.6 Å². The van der Waals surface area contributed by atoms with Crippen LogP contribution in [0.1, 0.15) is 29.1 Å². The van der Waals surface area contributed by atoms with Gasteiger partial charge in [-0.3, -0.25) is 9.48 Å². The van der Waals surface area contributed by atoms with E-state index in [-0.39, 0.29) is 17.8 Å². The molecule has 2 aromatic heterocycles. The molecule has 130 valence electrons. The number of thiophene rings is 1. The Morgan fingerprint density at radius 2 is 2.04 bits per heavy atom. The van der Waals surface area contributed by atoms with E-state index in [1.54, 1.807) is 46.1 Å². The molecule has 0 saturated carbocycles. The molecule has 0 radical (unpaired) electrons. The third-order valence-corrected chi connectivity index (χ3v) is 5.06. The molecule has 0 aliphatic rings. The summed E-state index contributed by atoms with van der Waals surface area (Å²) >= 11 is 1.32. The lowest BCUT2D eigenvalue weighted by atomic mass is 10.2. The van der Waals surface area contributed by atoms with Crippen molar-refractivity contribution in [1.29, 1.82) is 0 Å². The Morgan fingerprint density at radius 1 is 1.28 bits per heavy atom. The molecule has 0 fully saturated rings. The minimum absolute atomic E-state index is 0.0479. The molecule has 4 nitrogen and oxygen atoms in total. The van der Waals surface area contributed by atoms with Gasteiger partial charge in [-0.05, 0) is 32.0 Å². The minimum atomic E-state index is -0.278. The lowest BCUT2D eigenvalue weighted by molar-refractivity contribution is 0.0695.